The summed E-state index contributed by atoms with van der Waals surface area (Å²) in [5.41, 5.74) is 0.613. The van der Waals surface area contributed by atoms with Gasteiger partial charge in [0.15, 0.2) is 0 Å². The minimum absolute atomic E-state index is 0.134. The third-order valence-electron chi connectivity index (χ3n) is 4.37. The number of alkyl halides is 3. The van der Waals surface area contributed by atoms with E-state index < -0.39 is 30.0 Å². The number of hydrogen-bond acceptors (Lipinski definition) is 4. The molecule has 6 nitrogen and oxygen atoms in total. The second kappa shape index (κ2) is 10.3. The second-order valence-corrected chi connectivity index (χ2v) is 7.28. The van der Waals surface area contributed by atoms with E-state index in [0.717, 1.165) is 12.1 Å². The Bertz CT molecular complexity index is 1100. The van der Waals surface area contributed by atoms with Crippen molar-refractivity contribution in [2.75, 3.05) is 0 Å². The summed E-state index contributed by atoms with van der Waals surface area (Å²) >= 11 is 5.83. The van der Waals surface area contributed by atoms with Crippen LogP contribution in [0.15, 0.2) is 72.8 Å². The molecule has 1 atom stereocenters. The van der Waals surface area contributed by atoms with Crippen LogP contribution in [0.5, 0.6) is 17.2 Å². The fourth-order valence-electron chi connectivity index (χ4n) is 2.82. The summed E-state index contributed by atoms with van der Waals surface area (Å²) in [7, 11) is 0. The smallest absolute Gasteiger partial charge is 0.480 e. The van der Waals surface area contributed by atoms with Gasteiger partial charge in [0.25, 0.3) is 5.91 Å². The average Bonchev–Trinajstić information content (AvgIpc) is 2.75. The van der Waals surface area contributed by atoms with E-state index in [0.29, 0.717) is 22.1 Å². The fraction of sp³-hybridized carbons (Fsp3) is 0.130. The molecule has 10 heteroatoms. The summed E-state index contributed by atoms with van der Waals surface area (Å²) in [5, 5.41) is 12.4. The number of carbonyl (C=O) groups is 2. The molecule has 0 unspecified atom stereocenters. The van der Waals surface area contributed by atoms with Crippen molar-refractivity contribution < 1.29 is 37.3 Å². The zero-order valence-corrected chi connectivity index (χ0v) is 17.6. The summed E-state index contributed by atoms with van der Waals surface area (Å²) < 4.78 is 46.2. The van der Waals surface area contributed by atoms with Gasteiger partial charge < -0.3 is 19.9 Å². The molecule has 3 rings (SSSR count). The predicted octanol–water partition coefficient (Wildman–Crippen LogP) is 5.46. The van der Waals surface area contributed by atoms with Crippen molar-refractivity contribution in [2.24, 2.45) is 0 Å². The van der Waals surface area contributed by atoms with Gasteiger partial charge in [-0.05, 0) is 66.2 Å². The van der Waals surface area contributed by atoms with Crippen molar-refractivity contribution in [1.82, 2.24) is 5.32 Å². The van der Waals surface area contributed by atoms with Crippen LogP contribution in [0.2, 0.25) is 5.02 Å². The van der Waals surface area contributed by atoms with E-state index in [1.165, 1.54) is 24.3 Å². The Morgan fingerprint density at radius 2 is 1.39 bits per heavy atom. The number of rotatable bonds is 8. The minimum atomic E-state index is -4.82. The highest BCUT2D eigenvalue weighted by atomic mass is 35.5. The molecule has 0 saturated heterocycles. The average molecular weight is 480 g/mol. The fourth-order valence-corrected chi connectivity index (χ4v) is 2.94. The molecule has 0 saturated carbocycles. The van der Waals surface area contributed by atoms with Crippen LogP contribution in [-0.2, 0) is 11.2 Å². The number of carboxylic acid groups (broad SMARTS) is 1. The first-order valence-corrected chi connectivity index (χ1v) is 9.89. The molecule has 1 amide bonds. The van der Waals surface area contributed by atoms with Crippen LogP contribution in [0.4, 0.5) is 13.2 Å². The molecule has 3 aromatic rings. The number of amides is 1. The largest absolute Gasteiger partial charge is 0.573 e. The van der Waals surface area contributed by atoms with Crippen molar-refractivity contribution in [3.8, 4) is 17.2 Å². The molecule has 0 radical (unpaired) electrons. The Morgan fingerprint density at radius 1 is 0.879 bits per heavy atom. The van der Waals surface area contributed by atoms with Gasteiger partial charge in [-0.1, -0.05) is 23.7 Å². The molecule has 0 fully saturated rings. The molecule has 0 aromatic heterocycles. The first kappa shape index (κ1) is 23.9. The molecular formula is C23H17ClF3NO5. The van der Waals surface area contributed by atoms with Crippen molar-refractivity contribution in [2.45, 2.75) is 18.8 Å². The zero-order chi connectivity index (χ0) is 24.0. The van der Waals surface area contributed by atoms with Crippen LogP contribution in [0.25, 0.3) is 0 Å². The van der Waals surface area contributed by atoms with Gasteiger partial charge in [0.2, 0.25) is 0 Å². The van der Waals surface area contributed by atoms with Gasteiger partial charge in [0.1, 0.15) is 23.3 Å². The molecule has 0 aliphatic carbocycles. The van der Waals surface area contributed by atoms with Gasteiger partial charge in [-0.25, -0.2) is 4.79 Å². The van der Waals surface area contributed by atoms with E-state index in [4.69, 9.17) is 16.3 Å². The lowest BCUT2D eigenvalue weighted by Gasteiger charge is -2.15. The van der Waals surface area contributed by atoms with Crippen LogP contribution in [0.3, 0.4) is 0 Å². The molecule has 0 heterocycles. The third-order valence-corrected chi connectivity index (χ3v) is 4.62. The molecule has 172 valence electrons. The highest BCUT2D eigenvalue weighted by Crippen LogP contribution is 2.24. The Hall–Kier alpha value is -3.72. The molecular weight excluding hydrogens is 463 g/mol. The number of carbonyl (C=O) groups excluding carboxylic acids is 1. The number of aliphatic carboxylic acids is 1. The summed E-state index contributed by atoms with van der Waals surface area (Å²) in [5.74, 6) is -1.33. The maximum Gasteiger partial charge on any atom is 0.573 e. The number of carboxylic acids is 1. The molecule has 0 bridgehead atoms. The molecule has 2 N–H and O–H groups in total. The van der Waals surface area contributed by atoms with E-state index in [9.17, 15) is 27.9 Å². The molecule has 0 aliphatic rings. The van der Waals surface area contributed by atoms with Crippen molar-refractivity contribution in [3.63, 3.8) is 0 Å². The highest BCUT2D eigenvalue weighted by Gasteiger charge is 2.31. The Balaban J connectivity index is 1.61. The van der Waals surface area contributed by atoms with Gasteiger partial charge in [-0.3, -0.25) is 4.79 Å². The summed E-state index contributed by atoms with van der Waals surface area (Å²) in [6, 6.07) is 16.2. The van der Waals surface area contributed by atoms with E-state index in [-0.39, 0.29) is 12.0 Å². The maximum atomic E-state index is 12.5. The van der Waals surface area contributed by atoms with Gasteiger partial charge in [-0.15, -0.1) is 13.2 Å². The molecule has 0 spiro atoms. The Labute approximate surface area is 191 Å². The zero-order valence-electron chi connectivity index (χ0n) is 16.8. The van der Waals surface area contributed by atoms with Crippen molar-refractivity contribution in [1.29, 1.82) is 0 Å². The maximum absolute atomic E-state index is 12.5. The predicted molar refractivity (Wildman–Crippen MR) is 114 cm³/mol. The first-order valence-electron chi connectivity index (χ1n) is 9.51. The van der Waals surface area contributed by atoms with Gasteiger partial charge >= 0.3 is 12.3 Å². The quantitative estimate of drug-likeness (QED) is 0.448. The topological polar surface area (TPSA) is 84.9 Å². The number of halogens is 4. The standard InChI is InChI=1S/C23H17ClF3NO5/c24-16-5-11-18(12-6-16)32-17-9-3-15(4-10-17)21(29)28-20(22(30)31)13-14-1-7-19(8-2-14)33-23(25,26)27/h1-12,20H,13H2,(H,28,29)(H,30,31)/t20-/m0/s1. The van der Waals surface area contributed by atoms with Crippen molar-refractivity contribution >= 4 is 23.5 Å². The van der Waals surface area contributed by atoms with Crippen LogP contribution >= 0.6 is 11.6 Å². The monoisotopic (exact) mass is 479 g/mol. The number of nitrogens with one attached hydrogen (secondary N) is 1. The SMILES string of the molecule is O=C(N[C@@H](Cc1ccc(OC(F)(F)F)cc1)C(=O)O)c1ccc(Oc2ccc(Cl)cc2)cc1. The normalized spacial score (nSPS) is 12.0. The Kier molecular flexibility index (Phi) is 7.44. The lowest BCUT2D eigenvalue weighted by Crippen LogP contribution is -2.42. The van der Waals surface area contributed by atoms with Gasteiger partial charge in [0, 0.05) is 17.0 Å². The second-order valence-electron chi connectivity index (χ2n) is 6.84. The molecule has 3 aromatic carbocycles. The van der Waals surface area contributed by atoms with Crippen LogP contribution in [0, 0.1) is 0 Å². The number of hydrogen-bond donors (Lipinski definition) is 2. The molecule has 0 aliphatic heterocycles. The van der Waals surface area contributed by atoms with E-state index >= 15 is 0 Å². The van der Waals surface area contributed by atoms with Crippen LogP contribution < -0.4 is 14.8 Å². The number of benzene rings is 3. The lowest BCUT2D eigenvalue weighted by atomic mass is 10.1. The van der Waals surface area contributed by atoms with Crippen LogP contribution in [0.1, 0.15) is 15.9 Å². The van der Waals surface area contributed by atoms with Gasteiger partial charge in [-0.2, -0.15) is 0 Å². The van der Waals surface area contributed by atoms with Crippen molar-refractivity contribution in [3.05, 3.63) is 88.9 Å². The van der Waals surface area contributed by atoms with Gasteiger partial charge in [0.05, 0.1) is 0 Å². The summed E-state index contributed by atoms with van der Waals surface area (Å²) in [6.45, 7) is 0. The molecule has 33 heavy (non-hydrogen) atoms. The minimum Gasteiger partial charge on any atom is -0.480 e. The lowest BCUT2D eigenvalue weighted by molar-refractivity contribution is -0.274. The van der Waals surface area contributed by atoms with E-state index in [1.54, 1.807) is 36.4 Å². The Morgan fingerprint density at radius 3 is 1.91 bits per heavy atom. The van der Waals surface area contributed by atoms with E-state index in [2.05, 4.69) is 10.1 Å². The third kappa shape index (κ3) is 7.43. The number of ether oxygens (including phenoxy) is 2. The highest BCUT2D eigenvalue weighted by molar-refractivity contribution is 6.30. The van der Waals surface area contributed by atoms with E-state index in [1.807, 2.05) is 0 Å². The van der Waals surface area contributed by atoms with Crippen LogP contribution in [-0.4, -0.2) is 29.4 Å². The first-order chi connectivity index (χ1) is 15.6. The summed E-state index contributed by atoms with van der Waals surface area (Å²) in [4.78, 5) is 24.1. The summed E-state index contributed by atoms with van der Waals surface area (Å²) in [6.07, 6.45) is -4.96.